The van der Waals surface area contributed by atoms with E-state index in [0.717, 1.165) is 29.5 Å². The highest BCUT2D eigenvalue weighted by Gasteiger charge is 2.58. The van der Waals surface area contributed by atoms with E-state index < -0.39 is 0 Å². The number of carbonyl (C=O) groups excluding carboxylic acids is 1. The molecule has 3 rings (SSSR count). The molecule has 3 N–H and O–H groups in total. The number of allylic oxidation sites excluding steroid dienone is 2. The third kappa shape index (κ3) is 6.24. The molecule has 1 aromatic heterocycles. The molecule has 0 aliphatic heterocycles. The first-order valence-electron chi connectivity index (χ1n) is 13.4. The van der Waals surface area contributed by atoms with Gasteiger partial charge in [-0.3, -0.25) is 9.59 Å². The Hall–Kier alpha value is -3.12. The maximum Gasteiger partial charge on any atom is 0.260 e. The van der Waals surface area contributed by atoms with Crippen molar-refractivity contribution in [3.05, 3.63) is 80.8 Å². The molecule has 0 saturated heterocycles. The van der Waals surface area contributed by atoms with Crippen LogP contribution in [0.15, 0.2) is 47.4 Å². The van der Waals surface area contributed by atoms with E-state index in [2.05, 4.69) is 49.6 Å². The lowest BCUT2D eigenvalue weighted by Crippen LogP contribution is -2.33. The summed E-state index contributed by atoms with van der Waals surface area (Å²) in [6, 6.07) is 7.71. The van der Waals surface area contributed by atoms with Gasteiger partial charge in [0.2, 0.25) is 0 Å². The zero-order valence-electron chi connectivity index (χ0n) is 23.4. The highest BCUT2D eigenvalue weighted by Crippen LogP contribution is 2.51. The van der Waals surface area contributed by atoms with E-state index in [1.165, 1.54) is 0 Å². The second-order valence-electron chi connectivity index (χ2n) is 10.8. The molecule has 37 heavy (non-hydrogen) atoms. The van der Waals surface area contributed by atoms with E-state index in [9.17, 15) is 14.7 Å². The molecule has 3 atom stereocenters. The van der Waals surface area contributed by atoms with Crippen molar-refractivity contribution in [2.24, 2.45) is 17.3 Å². The number of nitrogens with zero attached hydrogens (tertiary/aromatic N) is 1. The van der Waals surface area contributed by atoms with Crippen molar-refractivity contribution in [1.82, 2.24) is 15.2 Å². The Morgan fingerprint density at radius 3 is 2.59 bits per heavy atom. The predicted octanol–water partition coefficient (Wildman–Crippen LogP) is 4.98. The molecule has 1 aromatic carbocycles. The fourth-order valence-electron chi connectivity index (χ4n) is 4.91. The van der Waals surface area contributed by atoms with Crippen molar-refractivity contribution in [1.29, 1.82) is 0 Å². The lowest BCUT2D eigenvalue weighted by molar-refractivity contribution is 0.0943. The number of aliphatic hydroxyl groups excluding tert-OH is 1. The van der Waals surface area contributed by atoms with Crippen LogP contribution >= 0.6 is 0 Å². The summed E-state index contributed by atoms with van der Waals surface area (Å²) in [6.07, 6.45) is 9.80. The van der Waals surface area contributed by atoms with E-state index >= 15 is 0 Å². The number of amides is 1. The van der Waals surface area contributed by atoms with Gasteiger partial charge in [0.05, 0.1) is 17.7 Å². The molecular weight excluding hydrogens is 462 g/mol. The molecule has 6 nitrogen and oxygen atoms in total. The summed E-state index contributed by atoms with van der Waals surface area (Å²) >= 11 is 0. The normalized spacial score (nSPS) is 19.6. The Labute approximate surface area is 221 Å². The average Bonchev–Trinajstić information content (AvgIpc) is 3.40. The van der Waals surface area contributed by atoms with Crippen molar-refractivity contribution >= 4 is 17.7 Å². The van der Waals surface area contributed by atoms with Gasteiger partial charge in [-0.2, -0.15) is 0 Å². The smallest absolute Gasteiger partial charge is 0.260 e. The average molecular weight is 506 g/mol. The summed E-state index contributed by atoms with van der Waals surface area (Å²) in [5.74, 6) is 0.250. The quantitative estimate of drug-likeness (QED) is 0.402. The first kappa shape index (κ1) is 28.5. The Balaban J connectivity index is 2.07. The Morgan fingerprint density at radius 1 is 1.27 bits per heavy atom. The topological polar surface area (TPSA) is 83.4 Å². The molecule has 1 aliphatic rings. The number of rotatable bonds is 11. The number of hydrogen-bond acceptors (Lipinski definition) is 4. The highest BCUT2D eigenvalue weighted by molar-refractivity contribution is 5.95. The standard InChI is InChI=1S/C31H43N3O3/c1-8-11-27(32-7)25-16-23(29(36)33-28-26(19-35)31(28,5)6)18-34(30(25)37)17-22-13-10-12-21(4)24(22)15-14-20(3)9-2/h10-16,18,20,26,28,32,35H,8-9,17,19H2,1-7H3,(H,33,36)/b15-14-,27-11-. The predicted molar refractivity (Wildman–Crippen MR) is 152 cm³/mol. The van der Waals surface area contributed by atoms with Gasteiger partial charge in [-0.15, -0.1) is 0 Å². The van der Waals surface area contributed by atoms with E-state index in [4.69, 9.17) is 0 Å². The van der Waals surface area contributed by atoms with E-state index in [1.54, 1.807) is 23.9 Å². The molecule has 3 unspecified atom stereocenters. The van der Waals surface area contributed by atoms with E-state index in [1.807, 2.05) is 39.0 Å². The summed E-state index contributed by atoms with van der Waals surface area (Å²) in [6.45, 7) is 12.9. The fourth-order valence-corrected chi connectivity index (χ4v) is 4.91. The molecule has 0 radical (unpaired) electrons. The van der Waals surface area contributed by atoms with Gasteiger partial charge in [-0.1, -0.05) is 77.5 Å². The van der Waals surface area contributed by atoms with Gasteiger partial charge in [0, 0.05) is 37.5 Å². The lowest BCUT2D eigenvalue weighted by atomic mass is 9.98. The zero-order valence-corrected chi connectivity index (χ0v) is 23.4. The molecule has 1 amide bonds. The van der Waals surface area contributed by atoms with Crippen LogP contribution in [0, 0.1) is 24.2 Å². The number of hydrogen-bond donors (Lipinski definition) is 3. The van der Waals surface area contributed by atoms with E-state index in [0.29, 0.717) is 29.3 Å². The summed E-state index contributed by atoms with van der Waals surface area (Å²) in [7, 11) is 1.79. The minimum absolute atomic E-state index is 0.0295. The van der Waals surface area contributed by atoms with Crippen LogP contribution < -0.4 is 16.2 Å². The number of benzene rings is 1. The third-order valence-corrected chi connectivity index (χ3v) is 7.84. The largest absolute Gasteiger partial charge is 0.396 e. The molecule has 0 bridgehead atoms. The number of carbonyl (C=O) groups is 1. The SMILES string of the molecule is CC/C=C(\NC)c1cc(C(=O)NC2C(CO)C2(C)C)cn(Cc2cccc(C)c2/C=C\C(C)CC)c1=O. The van der Waals surface area contributed by atoms with Crippen molar-refractivity contribution < 1.29 is 9.90 Å². The molecule has 1 aliphatic carbocycles. The first-order valence-corrected chi connectivity index (χ1v) is 13.4. The maximum absolute atomic E-state index is 13.7. The monoisotopic (exact) mass is 505 g/mol. The number of aryl methyl sites for hydroxylation is 1. The Bertz CT molecular complexity index is 1240. The van der Waals surface area contributed by atoms with Gasteiger partial charge >= 0.3 is 0 Å². The Kier molecular flexibility index (Phi) is 9.19. The minimum atomic E-state index is -0.239. The van der Waals surface area contributed by atoms with Crippen LogP contribution in [0.2, 0.25) is 0 Å². The van der Waals surface area contributed by atoms with Crippen molar-refractivity contribution in [3.63, 3.8) is 0 Å². The summed E-state index contributed by atoms with van der Waals surface area (Å²) in [5.41, 5.74) is 4.57. The molecule has 2 aromatic rings. The summed E-state index contributed by atoms with van der Waals surface area (Å²) in [4.78, 5) is 27.0. The molecule has 200 valence electrons. The van der Waals surface area contributed by atoms with Crippen LogP contribution in [0.25, 0.3) is 11.8 Å². The third-order valence-electron chi connectivity index (χ3n) is 7.84. The number of pyridine rings is 1. The zero-order chi connectivity index (χ0) is 27.3. The molecule has 1 saturated carbocycles. The summed E-state index contributed by atoms with van der Waals surface area (Å²) < 4.78 is 1.64. The maximum atomic E-state index is 13.7. The minimum Gasteiger partial charge on any atom is -0.396 e. The van der Waals surface area contributed by atoms with Crippen molar-refractivity contribution in [3.8, 4) is 0 Å². The second kappa shape index (κ2) is 12.0. The number of aromatic nitrogens is 1. The van der Waals surface area contributed by atoms with Gasteiger partial charge in [-0.05, 0) is 47.4 Å². The van der Waals surface area contributed by atoms with Gasteiger partial charge < -0.3 is 20.3 Å². The van der Waals surface area contributed by atoms with Crippen LogP contribution in [0.5, 0.6) is 0 Å². The van der Waals surface area contributed by atoms with Gasteiger partial charge in [-0.25, -0.2) is 0 Å². The molecule has 6 heteroatoms. The van der Waals surface area contributed by atoms with Gasteiger partial charge in [0.25, 0.3) is 11.5 Å². The van der Waals surface area contributed by atoms with E-state index in [-0.39, 0.29) is 35.4 Å². The summed E-state index contributed by atoms with van der Waals surface area (Å²) in [5, 5.41) is 15.9. The molecule has 0 spiro atoms. The van der Waals surface area contributed by atoms with Crippen molar-refractivity contribution in [2.75, 3.05) is 13.7 Å². The van der Waals surface area contributed by atoms with Crippen molar-refractivity contribution in [2.45, 2.75) is 67.0 Å². The van der Waals surface area contributed by atoms with Crippen LogP contribution in [0.3, 0.4) is 0 Å². The fraction of sp³-hybridized carbons (Fsp3) is 0.484. The highest BCUT2D eigenvalue weighted by atomic mass is 16.3. The van der Waals surface area contributed by atoms with Crippen LogP contribution in [0.1, 0.15) is 80.1 Å². The van der Waals surface area contributed by atoms with Gasteiger partial charge in [0.15, 0.2) is 0 Å². The van der Waals surface area contributed by atoms with Crippen LogP contribution in [-0.2, 0) is 6.54 Å². The Morgan fingerprint density at radius 2 is 2.00 bits per heavy atom. The second-order valence-corrected chi connectivity index (χ2v) is 10.8. The van der Waals surface area contributed by atoms with Gasteiger partial charge in [0.1, 0.15) is 0 Å². The molecule has 1 heterocycles. The lowest BCUT2D eigenvalue weighted by Gasteiger charge is -2.16. The van der Waals surface area contributed by atoms with Crippen LogP contribution in [0.4, 0.5) is 0 Å². The van der Waals surface area contributed by atoms with Crippen LogP contribution in [-0.4, -0.2) is 35.3 Å². The number of nitrogens with one attached hydrogen (secondary N) is 2. The first-order chi connectivity index (χ1) is 17.6. The number of aliphatic hydroxyl groups is 1. The molecular formula is C31H43N3O3. The molecule has 1 fully saturated rings.